The predicted octanol–water partition coefficient (Wildman–Crippen LogP) is 4.31. The van der Waals surface area contributed by atoms with E-state index >= 15 is 0 Å². The highest BCUT2D eigenvalue weighted by molar-refractivity contribution is 8.00. The summed E-state index contributed by atoms with van der Waals surface area (Å²) in [7, 11) is 0. The van der Waals surface area contributed by atoms with Crippen molar-refractivity contribution in [3.8, 4) is 10.7 Å². The minimum atomic E-state index is -0.214. The van der Waals surface area contributed by atoms with Crippen molar-refractivity contribution in [2.45, 2.75) is 55.8 Å². The van der Waals surface area contributed by atoms with E-state index in [-0.39, 0.29) is 17.3 Å². The van der Waals surface area contributed by atoms with Crippen LogP contribution in [0.25, 0.3) is 10.7 Å². The quantitative estimate of drug-likeness (QED) is 0.513. The summed E-state index contributed by atoms with van der Waals surface area (Å²) >= 11 is 4.96. The molecule has 0 aromatic carbocycles. The van der Waals surface area contributed by atoms with Gasteiger partial charge in [0.2, 0.25) is 5.91 Å². The van der Waals surface area contributed by atoms with Crippen LogP contribution in [0.5, 0.6) is 0 Å². The molecule has 5 rings (SSSR count). The third-order valence-electron chi connectivity index (χ3n) is 5.62. The predicted molar refractivity (Wildman–Crippen MR) is 121 cm³/mol. The lowest BCUT2D eigenvalue weighted by atomic mass is 10.1. The molecule has 30 heavy (non-hydrogen) atoms. The molecule has 0 bridgehead atoms. The zero-order valence-corrected chi connectivity index (χ0v) is 19.3. The molecule has 158 valence electrons. The van der Waals surface area contributed by atoms with Crippen LogP contribution in [0.4, 0.5) is 0 Å². The van der Waals surface area contributed by atoms with Gasteiger partial charge in [-0.25, -0.2) is 0 Å². The third-order valence-corrected chi connectivity index (χ3v) is 8.57. The Hall–Kier alpha value is -1.68. The van der Waals surface area contributed by atoms with Gasteiger partial charge in [0, 0.05) is 24.6 Å². The number of carbonyl (C=O) groups is 1. The smallest absolute Gasteiger partial charge is 0.236 e. The number of aromatic nitrogens is 3. The van der Waals surface area contributed by atoms with Crippen LogP contribution in [0, 0.1) is 0 Å². The molecule has 9 heteroatoms. The van der Waals surface area contributed by atoms with Crippen molar-refractivity contribution in [3.63, 3.8) is 0 Å². The summed E-state index contributed by atoms with van der Waals surface area (Å²) in [5.74, 6) is 1.03. The van der Waals surface area contributed by atoms with Crippen LogP contribution in [0.2, 0.25) is 0 Å². The second-order valence-corrected chi connectivity index (χ2v) is 10.9. The van der Waals surface area contributed by atoms with Crippen LogP contribution >= 0.6 is 34.4 Å². The van der Waals surface area contributed by atoms with E-state index in [1.54, 1.807) is 22.7 Å². The Labute approximate surface area is 188 Å². The first-order valence-corrected chi connectivity index (χ1v) is 12.9. The summed E-state index contributed by atoms with van der Waals surface area (Å²) in [6.07, 6.45) is 3.28. The molecule has 0 aliphatic carbocycles. The second kappa shape index (κ2) is 8.82. The molecule has 0 N–H and O–H groups in total. The number of thiophene rings is 2. The summed E-state index contributed by atoms with van der Waals surface area (Å²) in [5, 5.41) is 13.7. The van der Waals surface area contributed by atoms with E-state index < -0.39 is 0 Å². The van der Waals surface area contributed by atoms with Gasteiger partial charge in [-0.1, -0.05) is 17.8 Å². The second-order valence-electron chi connectivity index (χ2n) is 7.67. The van der Waals surface area contributed by atoms with Crippen molar-refractivity contribution in [2.24, 2.45) is 0 Å². The Morgan fingerprint density at radius 2 is 2.27 bits per heavy atom. The van der Waals surface area contributed by atoms with Crippen LogP contribution in [0.3, 0.4) is 0 Å². The van der Waals surface area contributed by atoms with E-state index in [9.17, 15) is 4.79 Å². The van der Waals surface area contributed by atoms with Gasteiger partial charge < -0.3 is 9.64 Å². The van der Waals surface area contributed by atoms with Gasteiger partial charge in [0.25, 0.3) is 0 Å². The van der Waals surface area contributed by atoms with E-state index in [1.165, 1.54) is 22.2 Å². The zero-order chi connectivity index (χ0) is 20.5. The van der Waals surface area contributed by atoms with Gasteiger partial charge in [-0.2, -0.15) is 0 Å². The van der Waals surface area contributed by atoms with Gasteiger partial charge in [0.1, 0.15) is 0 Å². The first-order valence-electron chi connectivity index (χ1n) is 10.3. The molecular weight excluding hydrogens is 436 g/mol. The molecule has 1 amide bonds. The van der Waals surface area contributed by atoms with Crippen LogP contribution in [-0.2, 0) is 29.0 Å². The average molecular weight is 461 g/mol. The molecule has 5 heterocycles. The molecule has 0 saturated carbocycles. The van der Waals surface area contributed by atoms with Crippen molar-refractivity contribution < 1.29 is 9.53 Å². The van der Waals surface area contributed by atoms with Gasteiger partial charge in [0.05, 0.1) is 22.8 Å². The average Bonchev–Trinajstić information content (AvgIpc) is 3.55. The van der Waals surface area contributed by atoms with Gasteiger partial charge in [-0.15, -0.1) is 32.9 Å². The maximum absolute atomic E-state index is 13.2. The van der Waals surface area contributed by atoms with Crippen molar-refractivity contribution in [1.29, 1.82) is 0 Å². The lowest BCUT2D eigenvalue weighted by Gasteiger charge is -2.29. The molecule has 2 aliphatic rings. The molecular formula is C21H24N4O2S3. The Balaban J connectivity index is 1.34. The largest absolute Gasteiger partial charge is 0.376 e. The number of fused-ring (bicyclic) bond motifs is 1. The number of nitrogens with zero attached hydrogens (tertiary/aromatic N) is 4. The highest BCUT2D eigenvalue weighted by Gasteiger charge is 2.29. The number of carbonyl (C=O) groups excluding carboxylic acids is 1. The maximum atomic E-state index is 13.2. The minimum absolute atomic E-state index is 0.168. The van der Waals surface area contributed by atoms with E-state index in [4.69, 9.17) is 4.74 Å². The van der Waals surface area contributed by atoms with Crippen LogP contribution in [-0.4, -0.2) is 50.1 Å². The molecule has 2 aliphatic heterocycles. The fourth-order valence-corrected chi connectivity index (χ4v) is 6.57. The minimum Gasteiger partial charge on any atom is -0.376 e. The number of ether oxygens (including phenoxy) is 1. The highest BCUT2D eigenvalue weighted by Crippen LogP contribution is 2.32. The van der Waals surface area contributed by atoms with Crippen molar-refractivity contribution >= 4 is 40.3 Å². The van der Waals surface area contributed by atoms with Gasteiger partial charge in [-0.3, -0.25) is 9.36 Å². The van der Waals surface area contributed by atoms with E-state index in [0.717, 1.165) is 54.8 Å². The van der Waals surface area contributed by atoms with Crippen LogP contribution in [0.15, 0.2) is 34.1 Å². The Morgan fingerprint density at radius 1 is 1.33 bits per heavy atom. The summed E-state index contributed by atoms with van der Waals surface area (Å²) < 4.78 is 8.01. The Morgan fingerprint density at radius 3 is 3.07 bits per heavy atom. The standard InChI is InChI=1S/C21H24N4O2S3/c1-14(20(26)24-8-6-17-15(12-24)7-11-29-17)30-21-23-22-19(18-5-3-10-28-18)25(21)13-16-4-2-9-27-16/h3,5,7,10-11,14,16H,2,4,6,8-9,12-13H2,1H3. The molecule has 1 fully saturated rings. The molecule has 2 atom stereocenters. The third kappa shape index (κ3) is 4.08. The fraction of sp³-hybridized carbons (Fsp3) is 0.476. The number of rotatable bonds is 6. The molecule has 6 nitrogen and oxygen atoms in total. The SMILES string of the molecule is CC(Sc1nnc(-c2cccs2)n1CC1CCCO1)C(=O)N1CCc2sccc2C1. The van der Waals surface area contributed by atoms with E-state index in [2.05, 4.69) is 37.7 Å². The Kier molecular flexibility index (Phi) is 5.95. The van der Waals surface area contributed by atoms with Crippen molar-refractivity contribution in [3.05, 3.63) is 39.4 Å². The summed E-state index contributed by atoms with van der Waals surface area (Å²) in [6.45, 7) is 5.03. The molecule has 3 aromatic rings. The molecule has 2 unspecified atom stereocenters. The van der Waals surface area contributed by atoms with Gasteiger partial charge in [-0.05, 0) is 54.6 Å². The number of hydrogen-bond donors (Lipinski definition) is 0. The molecule has 1 saturated heterocycles. The first kappa shape index (κ1) is 20.2. The fourth-order valence-electron chi connectivity index (χ4n) is 4.02. The normalized spacial score (nSPS) is 19.8. The number of thioether (sulfide) groups is 1. The molecule has 0 spiro atoms. The summed E-state index contributed by atoms with van der Waals surface area (Å²) in [4.78, 5) is 17.6. The Bertz CT molecular complexity index is 1010. The highest BCUT2D eigenvalue weighted by atomic mass is 32.2. The summed E-state index contributed by atoms with van der Waals surface area (Å²) in [5.41, 5.74) is 1.29. The van der Waals surface area contributed by atoms with Crippen molar-refractivity contribution in [2.75, 3.05) is 13.2 Å². The van der Waals surface area contributed by atoms with Gasteiger partial charge in [0.15, 0.2) is 11.0 Å². The van der Waals surface area contributed by atoms with Gasteiger partial charge >= 0.3 is 0 Å². The first-order chi connectivity index (χ1) is 14.7. The lowest BCUT2D eigenvalue weighted by Crippen LogP contribution is -2.39. The number of hydrogen-bond acceptors (Lipinski definition) is 7. The van der Waals surface area contributed by atoms with Crippen molar-refractivity contribution in [1.82, 2.24) is 19.7 Å². The lowest BCUT2D eigenvalue weighted by molar-refractivity contribution is -0.131. The monoisotopic (exact) mass is 460 g/mol. The van der Waals surface area contributed by atoms with Crippen LogP contribution < -0.4 is 0 Å². The summed E-state index contributed by atoms with van der Waals surface area (Å²) in [6, 6.07) is 6.23. The van der Waals surface area contributed by atoms with Crippen LogP contribution in [0.1, 0.15) is 30.2 Å². The molecule has 0 radical (unpaired) electrons. The van der Waals surface area contributed by atoms with E-state index in [0.29, 0.717) is 6.54 Å². The van der Waals surface area contributed by atoms with E-state index in [1.807, 2.05) is 17.9 Å². The number of amides is 1. The zero-order valence-electron chi connectivity index (χ0n) is 16.8. The molecule has 3 aromatic heterocycles. The topological polar surface area (TPSA) is 60.2 Å². The maximum Gasteiger partial charge on any atom is 0.236 e.